The molecule has 8 heteroatoms. The number of nitrogens with one attached hydrogen (secondary N) is 2. The number of halogens is 2. The highest BCUT2D eigenvalue weighted by atomic mass is 35.5. The van der Waals surface area contributed by atoms with Crippen molar-refractivity contribution in [2.45, 2.75) is 59.0 Å². The molecule has 0 fully saturated rings. The number of carbonyl (C=O) groups excluding carboxylic acids is 1. The number of aryl methyl sites for hydroxylation is 1. The van der Waals surface area contributed by atoms with Gasteiger partial charge in [0.1, 0.15) is 5.82 Å². The molecule has 6 nitrogen and oxygen atoms in total. The van der Waals surface area contributed by atoms with E-state index < -0.39 is 5.91 Å². The van der Waals surface area contributed by atoms with E-state index in [9.17, 15) is 4.79 Å². The lowest BCUT2D eigenvalue weighted by molar-refractivity contribution is -0.124. The van der Waals surface area contributed by atoms with Gasteiger partial charge in [-0.1, -0.05) is 39.7 Å². The molecule has 0 unspecified atom stereocenters. The summed E-state index contributed by atoms with van der Waals surface area (Å²) in [7, 11) is 0. The molecule has 2 aromatic rings. The van der Waals surface area contributed by atoms with Crippen molar-refractivity contribution >= 4 is 47.8 Å². The topological polar surface area (TPSA) is 79.2 Å². The molecule has 2 rings (SSSR count). The van der Waals surface area contributed by atoms with Crippen LogP contribution in [0.25, 0.3) is 17.1 Å². The third-order valence-electron chi connectivity index (χ3n) is 4.28. The molecule has 1 heterocycles. The summed E-state index contributed by atoms with van der Waals surface area (Å²) in [5.74, 6) is 0.573. The summed E-state index contributed by atoms with van der Waals surface area (Å²) in [6.07, 6.45) is 7.48. The highest BCUT2D eigenvalue weighted by Crippen LogP contribution is 2.20. The number of carbonyl (C=O) groups is 1. The number of aromatic nitrogens is 2. The summed E-state index contributed by atoms with van der Waals surface area (Å²) < 4.78 is 2.30. The summed E-state index contributed by atoms with van der Waals surface area (Å²) >= 11 is 0. The van der Waals surface area contributed by atoms with Gasteiger partial charge in [-0.2, -0.15) is 0 Å². The second-order valence-corrected chi connectivity index (χ2v) is 6.80. The lowest BCUT2D eigenvalue weighted by atomic mass is 10.2. The number of nitrogens with zero attached hydrogens (tertiary/aromatic N) is 2. The van der Waals surface area contributed by atoms with Crippen LogP contribution in [-0.2, 0) is 17.8 Å². The van der Waals surface area contributed by atoms with Crippen LogP contribution in [0.4, 0.5) is 0 Å². The molecule has 0 atom stereocenters. The van der Waals surface area contributed by atoms with Gasteiger partial charge in [-0.3, -0.25) is 10.0 Å². The molecule has 158 valence electrons. The number of amides is 1. The molecule has 3 N–H and O–H groups in total. The van der Waals surface area contributed by atoms with Crippen LogP contribution >= 0.6 is 24.8 Å². The van der Waals surface area contributed by atoms with Gasteiger partial charge >= 0.3 is 0 Å². The molecule has 0 saturated heterocycles. The Morgan fingerprint density at radius 2 is 2.04 bits per heavy atom. The van der Waals surface area contributed by atoms with Gasteiger partial charge in [0.25, 0.3) is 5.91 Å². The molecule has 1 amide bonds. The van der Waals surface area contributed by atoms with Crippen molar-refractivity contribution in [2.24, 2.45) is 0 Å². The molecule has 1 aromatic carbocycles. The largest absolute Gasteiger partial charge is 0.327 e. The van der Waals surface area contributed by atoms with E-state index in [1.165, 1.54) is 18.9 Å². The van der Waals surface area contributed by atoms with Crippen molar-refractivity contribution in [3.8, 4) is 0 Å². The van der Waals surface area contributed by atoms with Gasteiger partial charge < -0.3 is 9.88 Å². The maximum Gasteiger partial charge on any atom is 0.267 e. The highest BCUT2D eigenvalue weighted by molar-refractivity contribution is 5.91. The molecule has 0 spiro atoms. The summed E-state index contributed by atoms with van der Waals surface area (Å²) in [4.78, 5) is 16.0. The van der Waals surface area contributed by atoms with Crippen molar-refractivity contribution in [3.63, 3.8) is 0 Å². The fourth-order valence-corrected chi connectivity index (χ4v) is 2.95. The van der Waals surface area contributed by atoms with Gasteiger partial charge in [0.15, 0.2) is 0 Å². The number of hydrogen-bond donors (Lipinski definition) is 3. The molecule has 0 aliphatic rings. The summed E-state index contributed by atoms with van der Waals surface area (Å²) in [6.45, 7) is 8.29. The summed E-state index contributed by atoms with van der Waals surface area (Å²) in [5, 5.41) is 12.0. The van der Waals surface area contributed by atoms with Crippen LogP contribution in [0.1, 0.15) is 51.4 Å². The molecule has 0 aliphatic heterocycles. The van der Waals surface area contributed by atoms with E-state index >= 15 is 0 Å². The Hall–Kier alpha value is -1.60. The Bertz CT molecular complexity index is 760. The molecule has 0 aliphatic carbocycles. The highest BCUT2D eigenvalue weighted by Gasteiger charge is 2.11. The summed E-state index contributed by atoms with van der Waals surface area (Å²) in [5.41, 5.74) is 4.53. The Kier molecular flexibility index (Phi) is 12.8. The predicted octanol–water partition coefficient (Wildman–Crippen LogP) is 4.13. The van der Waals surface area contributed by atoms with Crippen molar-refractivity contribution in [2.75, 3.05) is 6.54 Å². The summed E-state index contributed by atoms with van der Waals surface area (Å²) in [6, 6.07) is 6.46. The SMILES string of the molecule is CCCCCc1nc2cc(/C=C/C(=O)NO)ccc2n1CCNC(C)C.Cl.Cl. The van der Waals surface area contributed by atoms with E-state index in [0.717, 1.165) is 48.4 Å². The number of hydrogen-bond acceptors (Lipinski definition) is 4. The molecule has 1 aromatic heterocycles. The van der Waals surface area contributed by atoms with Crippen molar-refractivity contribution in [3.05, 3.63) is 35.7 Å². The Labute approximate surface area is 179 Å². The second kappa shape index (κ2) is 13.6. The normalized spacial score (nSPS) is 10.9. The van der Waals surface area contributed by atoms with Crippen LogP contribution in [0.15, 0.2) is 24.3 Å². The van der Waals surface area contributed by atoms with E-state index in [2.05, 4.69) is 36.7 Å². The van der Waals surface area contributed by atoms with Gasteiger partial charge in [0, 0.05) is 31.6 Å². The molecule has 0 bridgehead atoms. The Morgan fingerprint density at radius 1 is 1.29 bits per heavy atom. The first-order chi connectivity index (χ1) is 12.5. The van der Waals surface area contributed by atoms with Crippen LogP contribution in [-0.4, -0.2) is 33.3 Å². The quantitative estimate of drug-likeness (QED) is 0.229. The Balaban J connectivity index is 0.00000364. The maximum absolute atomic E-state index is 11.2. The first-order valence-electron chi connectivity index (χ1n) is 9.39. The van der Waals surface area contributed by atoms with E-state index in [4.69, 9.17) is 10.2 Å². The maximum atomic E-state index is 11.2. The van der Waals surface area contributed by atoms with Crippen molar-refractivity contribution < 1.29 is 10.0 Å². The zero-order valence-electron chi connectivity index (χ0n) is 16.8. The minimum Gasteiger partial charge on any atom is -0.327 e. The third-order valence-corrected chi connectivity index (χ3v) is 4.28. The smallest absolute Gasteiger partial charge is 0.267 e. The van der Waals surface area contributed by atoms with Crippen molar-refractivity contribution in [1.82, 2.24) is 20.3 Å². The lowest BCUT2D eigenvalue weighted by Crippen LogP contribution is -2.27. The van der Waals surface area contributed by atoms with Crippen LogP contribution in [0.2, 0.25) is 0 Å². The van der Waals surface area contributed by atoms with E-state index in [1.54, 1.807) is 11.6 Å². The number of hydroxylamine groups is 1. The Morgan fingerprint density at radius 3 is 2.68 bits per heavy atom. The van der Waals surface area contributed by atoms with Gasteiger partial charge in [0.05, 0.1) is 11.0 Å². The number of fused-ring (bicyclic) bond motifs is 1. The fraction of sp³-hybridized carbons (Fsp3) is 0.500. The molecular weight excluding hydrogens is 399 g/mol. The number of rotatable bonds is 10. The fourth-order valence-electron chi connectivity index (χ4n) is 2.95. The number of imidazole rings is 1. The first-order valence-corrected chi connectivity index (χ1v) is 9.39. The second-order valence-electron chi connectivity index (χ2n) is 6.80. The van der Waals surface area contributed by atoms with Crippen LogP contribution < -0.4 is 10.8 Å². The zero-order chi connectivity index (χ0) is 18.9. The average molecular weight is 431 g/mol. The minimum absolute atomic E-state index is 0. The van der Waals surface area contributed by atoms with Gasteiger partial charge in [0.2, 0.25) is 0 Å². The van der Waals surface area contributed by atoms with Crippen molar-refractivity contribution in [1.29, 1.82) is 0 Å². The average Bonchev–Trinajstić information content (AvgIpc) is 2.96. The standard InChI is InChI=1S/C20H30N4O2.2ClH/c1-4-5-6-7-19-22-17-14-16(9-11-20(25)23-26)8-10-18(17)24(19)13-12-21-15(2)3;;/h8-11,14-15,21,26H,4-7,12-13H2,1-3H3,(H,23,25);2*1H/b11-9+;;. The first kappa shape index (κ1) is 26.4. The predicted molar refractivity (Wildman–Crippen MR) is 120 cm³/mol. The molecule has 0 saturated carbocycles. The molecule has 0 radical (unpaired) electrons. The van der Waals surface area contributed by atoms with Gasteiger partial charge in [-0.25, -0.2) is 10.5 Å². The lowest BCUT2D eigenvalue weighted by Gasteiger charge is -2.12. The molecule has 28 heavy (non-hydrogen) atoms. The van der Waals surface area contributed by atoms with Gasteiger partial charge in [-0.15, -0.1) is 24.8 Å². The van der Waals surface area contributed by atoms with Crippen LogP contribution in [0.5, 0.6) is 0 Å². The van der Waals surface area contributed by atoms with E-state index in [0.29, 0.717) is 6.04 Å². The van der Waals surface area contributed by atoms with Crippen LogP contribution in [0.3, 0.4) is 0 Å². The number of benzene rings is 1. The third kappa shape index (κ3) is 7.80. The van der Waals surface area contributed by atoms with E-state index in [-0.39, 0.29) is 24.8 Å². The molecular formula is C20H32Cl2N4O2. The minimum atomic E-state index is -0.546. The monoisotopic (exact) mass is 430 g/mol. The van der Waals surface area contributed by atoms with Gasteiger partial charge in [-0.05, 0) is 30.2 Å². The number of unbranched alkanes of at least 4 members (excludes halogenated alkanes) is 2. The van der Waals surface area contributed by atoms with E-state index in [1.807, 2.05) is 12.1 Å². The zero-order valence-corrected chi connectivity index (χ0v) is 18.4. The van der Waals surface area contributed by atoms with Crippen LogP contribution in [0, 0.1) is 0 Å².